The van der Waals surface area contributed by atoms with Crippen LogP contribution in [0.3, 0.4) is 0 Å². The van der Waals surface area contributed by atoms with Crippen LogP contribution >= 0.6 is 0 Å². The summed E-state index contributed by atoms with van der Waals surface area (Å²) >= 11 is 0. The number of hydrogen-bond donors (Lipinski definition) is 2. The Bertz CT molecular complexity index is 576. The largest absolute Gasteiger partial charge is 0.497 e. The van der Waals surface area contributed by atoms with E-state index in [0.29, 0.717) is 19.5 Å². The Balaban J connectivity index is 1.62. The maximum absolute atomic E-state index is 12.2. The van der Waals surface area contributed by atoms with Crippen molar-refractivity contribution in [1.29, 1.82) is 0 Å². The molecule has 25 heavy (non-hydrogen) atoms. The van der Waals surface area contributed by atoms with Crippen molar-refractivity contribution in [3.05, 3.63) is 29.8 Å². The van der Waals surface area contributed by atoms with E-state index < -0.39 is 11.6 Å². The highest BCUT2D eigenvalue weighted by Crippen LogP contribution is 2.23. The lowest BCUT2D eigenvalue weighted by Crippen LogP contribution is -2.50. The van der Waals surface area contributed by atoms with Crippen molar-refractivity contribution < 1.29 is 24.5 Å². The SMILES string of the molecule is COc1ccc(CCCCCC(=O)N2CCC(O)(C(=O)O)CC2)cc1. The van der Waals surface area contributed by atoms with E-state index in [4.69, 9.17) is 9.84 Å². The van der Waals surface area contributed by atoms with Crippen LogP contribution in [0, 0.1) is 0 Å². The summed E-state index contributed by atoms with van der Waals surface area (Å²) in [6.45, 7) is 0.626. The van der Waals surface area contributed by atoms with E-state index >= 15 is 0 Å². The maximum atomic E-state index is 12.2. The Morgan fingerprint density at radius 3 is 2.32 bits per heavy atom. The second-order valence-corrected chi connectivity index (χ2v) is 6.63. The third-order valence-electron chi connectivity index (χ3n) is 4.86. The number of aryl methyl sites for hydroxylation is 1. The number of piperidine rings is 1. The summed E-state index contributed by atoms with van der Waals surface area (Å²) in [5.74, 6) is -0.291. The molecular weight excluding hydrogens is 322 g/mol. The number of aliphatic hydroxyl groups is 1. The molecule has 1 fully saturated rings. The highest BCUT2D eigenvalue weighted by molar-refractivity contribution is 5.79. The van der Waals surface area contributed by atoms with Crippen LogP contribution in [0.2, 0.25) is 0 Å². The van der Waals surface area contributed by atoms with Crippen LogP contribution in [0.1, 0.15) is 44.1 Å². The average Bonchev–Trinajstić information content (AvgIpc) is 2.62. The Kier molecular flexibility index (Phi) is 6.82. The zero-order valence-electron chi connectivity index (χ0n) is 14.7. The molecule has 0 saturated carbocycles. The molecule has 0 aliphatic carbocycles. The second kappa shape index (κ2) is 8.85. The van der Waals surface area contributed by atoms with Crippen molar-refractivity contribution in [3.63, 3.8) is 0 Å². The molecule has 0 bridgehead atoms. The monoisotopic (exact) mass is 349 g/mol. The van der Waals surface area contributed by atoms with Gasteiger partial charge >= 0.3 is 5.97 Å². The summed E-state index contributed by atoms with van der Waals surface area (Å²) in [4.78, 5) is 24.8. The first kappa shape index (κ1) is 19.2. The second-order valence-electron chi connectivity index (χ2n) is 6.63. The molecule has 1 aromatic carbocycles. The maximum Gasteiger partial charge on any atom is 0.335 e. The fourth-order valence-corrected chi connectivity index (χ4v) is 3.07. The van der Waals surface area contributed by atoms with Crippen LogP contribution in [0.4, 0.5) is 0 Å². The molecule has 0 unspecified atom stereocenters. The van der Waals surface area contributed by atoms with Crippen molar-refractivity contribution in [2.24, 2.45) is 0 Å². The van der Waals surface area contributed by atoms with E-state index in [2.05, 4.69) is 12.1 Å². The first-order chi connectivity index (χ1) is 11.9. The van der Waals surface area contributed by atoms with E-state index in [9.17, 15) is 14.7 Å². The smallest absolute Gasteiger partial charge is 0.335 e. The molecule has 2 N–H and O–H groups in total. The number of unbranched alkanes of at least 4 members (excludes halogenated alkanes) is 2. The summed E-state index contributed by atoms with van der Waals surface area (Å²) in [5.41, 5.74) is -0.411. The number of likely N-dealkylation sites (tertiary alicyclic amines) is 1. The highest BCUT2D eigenvalue weighted by atomic mass is 16.5. The van der Waals surface area contributed by atoms with Crippen molar-refractivity contribution in [2.75, 3.05) is 20.2 Å². The van der Waals surface area contributed by atoms with Crippen LogP contribution < -0.4 is 4.74 Å². The van der Waals surface area contributed by atoms with Gasteiger partial charge < -0.3 is 19.8 Å². The number of carbonyl (C=O) groups excluding carboxylic acids is 1. The van der Waals surface area contributed by atoms with Gasteiger partial charge in [0.2, 0.25) is 5.91 Å². The Morgan fingerprint density at radius 2 is 1.76 bits per heavy atom. The van der Waals surface area contributed by atoms with E-state index in [1.807, 2.05) is 12.1 Å². The Labute approximate surface area is 148 Å². The van der Waals surface area contributed by atoms with Crippen LogP contribution in [-0.4, -0.2) is 52.8 Å². The number of methoxy groups -OCH3 is 1. The molecule has 6 heteroatoms. The molecule has 0 spiro atoms. The Morgan fingerprint density at radius 1 is 1.12 bits per heavy atom. The van der Waals surface area contributed by atoms with Gasteiger partial charge in [-0.25, -0.2) is 4.79 Å². The summed E-state index contributed by atoms with van der Waals surface area (Å²) in [6.07, 6.45) is 4.50. The lowest BCUT2D eigenvalue weighted by atomic mass is 9.91. The topological polar surface area (TPSA) is 87.1 Å². The zero-order valence-corrected chi connectivity index (χ0v) is 14.7. The van der Waals surface area contributed by atoms with Crippen molar-refractivity contribution >= 4 is 11.9 Å². The molecule has 6 nitrogen and oxygen atoms in total. The van der Waals surface area contributed by atoms with E-state index in [1.165, 1.54) is 5.56 Å². The summed E-state index contributed by atoms with van der Waals surface area (Å²) in [7, 11) is 1.65. The number of rotatable bonds is 8. The average molecular weight is 349 g/mol. The first-order valence-corrected chi connectivity index (χ1v) is 8.81. The number of carboxylic acid groups (broad SMARTS) is 1. The number of ether oxygens (including phenoxy) is 1. The van der Waals surface area contributed by atoms with Crippen LogP contribution in [-0.2, 0) is 16.0 Å². The number of nitrogens with zero attached hydrogens (tertiary/aromatic N) is 1. The first-order valence-electron chi connectivity index (χ1n) is 8.81. The van der Waals surface area contributed by atoms with Gasteiger partial charge in [0, 0.05) is 32.4 Å². The number of benzene rings is 1. The van der Waals surface area contributed by atoms with Gasteiger partial charge in [0.05, 0.1) is 7.11 Å². The number of hydrogen-bond acceptors (Lipinski definition) is 4. The molecule has 2 rings (SSSR count). The molecule has 0 radical (unpaired) electrons. The fourth-order valence-electron chi connectivity index (χ4n) is 3.07. The molecule has 1 saturated heterocycles. The molecule has 1 amide bonds. The van der Waals surface area contributed by atoms with Gasteiger partial charge in [-0.05, 0) is 37.0 Å². The summed E-state index contributed by atoms with van der Waals surface area (Å²) in [5, 5.41) is 18.9. The van der Waals surface area contributed by atoms with Crippen LogP contribution in [0.15, 0.2) is 24.3 Å². The number of aliphatic carboxylic acids is 1. The number of carboxylic acids is 1. The molecule has 1 heterocycles. The minimum Gasteiger partial charge on any atom is -0.497 e. The molecule has 0 aromatic heterocycles. The minimum atomic E-state index is -1.67. The lowest BCUT2D eigenvalue weighted by Gasteiger charge is -2.35. The third kappa shape index (κ3) is 5.46. The molecule has 0 atom stereocenters. The standard InChI is InChI=1S/C19H27NO5/c1-25-16-9-7-15(8-10-16)5-3-2-4-6-17(21)20-13-11-19(24,12-14-20)18(22)23/h7-10,24H,2-6,11-14H2,1H3,(H,22,23). The summed E-state index contributed by atoms with van der Waals surface area (Å²) < 4.78 is 5.13. The predicted molar refractivity (Wildman–Crippen MR) is 93.6 cm³/mol. The van der Waals surface area contributed by atoms with Gasteiger partial charge in [-0.2, -0.15) is 0 Å². The van der Waals surface area contributed by atoms with Gasteiger partial charge in [-0.1, -0.05) is 18.6 Å². The molecule has 1 aliphatic heterocycles. The van der Waals surface area contributed by atoms with Crippen molar-refractivity contribution in [2.45, 2.75) is 50.5 Å². The molecule has 1 aromatic rings. The zero-order chi connectivity index (χ0) is 18.3. The van der Waals surface area contributed by atoms with Crippen molar-refractivity contribution in [3.8, 4) is 5.75 Å². The number of carbonyl (C=O) groups is 2. The molecule has 138 valence electrons. The van der Waals surface area contributed by atoms with Gasteiger partial charge in [0.1, 0.15) is 5.75 Å². The fraction of sp³-hybridized carbons (Fsp3) is 0.579. The minimum absolute atomic E-state index is 0.0527. The Hall–Kier alpha value is -2.08. The molecular formula is C19H27NO5. The highest BCUT2D eigenvalue weighted by Gasteiger charge is 2.40. The van der Waals surface area contributed by atoms with Crippen LogP contribution in [0.5, 0.6) is 5.75 Å². The summed E-state index contributed by atoms with van der Waals surface area (Å²) in [6, 6.07) is 8.02. The van der Waals surface area contributed by atoms with Crippen molar-refractivity contribution in [1.82, 2.24) is 4.90 Å². The van der Waals surface area contributed by atoms with Gasteiger partial charge in [0.25, 0.3) is 0 Å². The van der Waals surface area contributed by atoms with E-state index in [1.54, 1.807) is 12.0 Å². The van der Waals surface area contributed by atoms with Gasteiger partial charge in [-0.15, -0.1) is 0 Å². The lowest BCUT2D eigenvalue weighted by molar-refractivity contribution is -0.165. The van der Waals surface area contributed by atoms with E-state index in [0.717, 1.165) is 31.4 Å². The third-order valence-corrected chi connectivity index (χ3v) is 4.86. The predicted octanol–water partition coefficient (Wildman–Crippen LogP) is 2.24. The number of amides is 1. The van der Waals surface area contributed by atoms with E-state index in [-0.39, 0.29) is 18.7 Å². The van der Waals surface area contributed by atoms with Gasteiger partial charge in [0.15, 0.2) is 5.60 Å². The molecule has 1 aliphatic rings. The van der Waals surface area contributed by atoms with Gasteiger partial charge in [-0.3, -0.25) is 4.79 Å². The van der Waals surface area contributed by atoms with Crippen LogP contribution in [0.25, 0.3) is 0 Å². The normalized spacial score (nSPS) is 16.5. The quantitative estimate of drug-likeness (QED) is 0.703.